The van der Waals surface area contributed by atoms with Crippen molar-refractivity contribution in [3.8, 4) is 0 Å². The van der Waals surface area contributed by atoms with Gasteiger partial charge in [0.15, 0.2) is 0 Å². The average molecular weight is 180 g/mol. The van der Waals surface area contributed by atoms with Crippen molar-refractivity contribution in [1.29, 1.82) is 0 Å². The lowest BCUT2D eigenvalue weighted by molar-refractivity contribution is -0.824. The summed E-state index contributed by atoms with van der Waals surface area (Å²) in [6, 6.07) is 0. The van der Waals surface area contributed by atoms with Crippen LogP contribution in [-0.4, -0.2) is 17.6 Å². The lowest BCUT2D eigenvalue weighted by atomic mass is 10.2. The van der Waals surface area contributed by atoms with E-state index in [-0.39, 0.29) is 0 Å². The molecule has 0 aromatic carbocycles. The molecule has 0 fully saturated rings. The first kappa shape index (κ1) is 10.5. The molecule has 0 aromatic heterocycles. The Morgan fingerprint density at radius 1 is 0.923 bits per heavy atom. The molecular formula is C12H22N+. The second kappa shape index (κ2) is 5.23. The third-order valence-electron chi connectivity index (χ3n) is 2.89. The van der Waals surface area contributed by atoms with E-state index in [0.29, 0.717) is 0 Å². The van der Waals surface area contributed by atoms with Gasteiger partial charge in [0.2, 0.25) is 0 Å². The summed E-state index contributed by atoms with van der Waals surface area (Å²) in [5.41, 5.74) is 0. The summed E-state index contributed by atoms with van der Waals surface area (Å²) >= 11 is 0. The molecule has 1 heterocycles. The Morgan fingerprint density at radius 3 is 2.15 bits per heavy atom. The topological polar surface area (TPSA) is 0 Å². The van der Waals surface area contributed by atoms with Crippen molar-refractivity contribution < 1.29 is 4.48 Å². The van der Waals surface area contributed by atoms with Crippen molar-refractivity contribution in [1.82, 2.24) is 0 Å². The molecular weight excluding hydrogens is 158 g/mol. The van der Waals surface area contributed by atoms with E-state index in [9.17, 15) is 0 Å². The van der Waals surface area contributed by atoms with Gasteiger partial charge in [-0.1, -0.05) is 19.8 Å². The van der Waals surface area contributed by atoms with Crippen LogP contribution in [0.15, 0.2) is 24.6 Å². The molecule has 0 bridgehead atoms. The zero-order chi connectivity index (χ0) is 9.57. The first-order valence-corrected chi connectivity index (χ1v) is 5.56. The first-order chi connectivity index (χ1) is 6.33. The van der Waals surface area contributed by atoms with Gasteiger partial charge in [-0.25, -0.2) is 0 Å². The largest absolute Gasteiger partial charge is 0.271 e. The molecule has 1 nitrogen and oxygen atoms in total. The summed E-state index contributed by atoms with van der Waals surface area (Å²) in [4.78, 5) is 0. The number of quaternary nitrogens is 1. The molecule has 1 aliphatic rings. The van der Waals surface area contributed by atoms with Crippen LogP contribution in [0.5, 0.6) is 0 Å². The summed E-state index contributed by atoms with van der Waals surface area (Å²) in [5, 5.41) is 0. The van der Waals surface area contributed by atoms with Gasteiger partial charge in [0, 0.05) is 0 Å². The third-order valence-corrected chi connectivity index (χ3v) is 2.89. The Kier molecular flexibility index (Phi) is 4.23. The zero-order valence-electron chi connectivity index (χ0n) is 9.00. The molecule has 1 aliphatic heterocycles. The van der Waals surface area contributed by atoms with Crippen LogP contribution in [0, 0.1) is 0 Å². The minimum atomic E-state index is 1.07. The molecule has 1 heteroatoms. The van der Waals surface area contributed by atoms with E-state index in [0.717, 1.165) is 4.48 Å². The van der Waals surface area contributed by atoms with Crippen LogP contribution in [0.25, 0.3) is 0 Å². The predicted octanol–water partition coefficient (Wildman–Crippen LogP) is 3.44. The highest BCUT2D eigenvalue weighted by atomic mass is 15.3. The highest BCUT2D eigenvalue weighted by Gasteiger charge is 2.20. The molecule has 1 rings (SSSR count). The van der Waals surface area contributed by atoms with E-state index in [1.165, 1.54) is 38.8 Å². The molecule has 0 aliphatic carbocycles. The van der Waals surface area contributed by atoms with Crippen molar-refractivity contribution in [2.24, 2.45) is 0 Å². The predicted molar refractivity (Wildman–Crippen MR) is 58.1 cm³/mol. The minimum absolute atomic E-state index is 1.07. The van der Waals surface area contributed by atoms with E-state index >= 15 is 0 Å². The molecule has 0 saturated heterocycles. The SMILES string of the molecule is CCCCCC[N+]1(CC)C=CC=C1. The van der Waals surface area contributed by atoms with Crippen LogP contribution in [0.4, 0.5) is 0 Å². The van der Waals surface area contributed by atoms with Gasteiger partial charge < -0.3 is 0 Å². The number of allylic oxidation sites excluding steroid dienone is 2. The Bertz CT molecular complexity index is 179. The summed E-state index contributed by atoms with van der Waals surface area (Å²) in [7, 11) is 0. The lowest BCUT2D eigenvalue weighted by Gasteiger charge is -2.27. The second-order valence-corrected chi connectivity index (χ2v) is 3.89. The fraction of sp³-hybridized carbons (Fsp3) is 0.667. The monoisotopic (exact) mass is 180 g/mol. The number of unbranched alkanes of at least 4 members (excludes halogenated alkanes) is 3. The van der Waals surface area contributed by atoms with Gasteiger partial charge in [-0.2, -0.15) is 0 Å². The van der Waals surface area contributed by atoms with Crippen LogP contribution < -0.4 is 0 Å². The Balaban J connectivity index is 2.25. The van der Waals surface area contributed by atoms with Crippen molar-refractivity contribution in [2.75, 3.05) is 13.1 Å². The standard InChI is InChI=1S/C12H22N/c1-3-5-6-7-10-13(4-2)11-8-9-12-13/h8-9,11-12H,3-7,10H2,1-2H3/q+1. The molecule has 13 heavy (non-hydrogen) atoms. The van der Waals surface area contributed by atoms with E-state index in [1.807, 2.05) is 0 Å². The van der Waals surface area contributed by atoms with Gasteiger partial charge >= 0.3 is 0 Å². The van der Waals surface area contributed by atoms with Gasteiger partial charge in [-0.3, -0.25) is 4.48 Å². The molecule has 0 spiro atoms. The van der Waals surface area contributed by atoms with Gasteiger partial charge in [-0.15, -0.1) is 0 Å². The molecule has 0 amide bonds. The smallest absolute Gasteiger partial charge is 0.101 e. The van der Waals surface area contributed by atoms with Gasteiger partial charge in [0.05, 0.1) is 13.1 Å². The van der Waals surface area contributed by atoms with Crippen LogP contribution in [0.2, 0.25) is 0 Å². The maximum Gasteiger partial charge on any atom is 0.101 e. The molecule has 0 N–H and O–H groups in total. The summed E-state index contributed by atoms with van der Waals surface area (Å²) < 4.78 is 1.07. The molecule has 0 radical (unpaired) electrons. The van der Waals surface area contributed by atoms with Crippen molar-refractivity contribution in [3.63, 3.8) is 0 Å². The van der Waals surface area contributed by atoms with E-state index in [1.54, 1.807) is 0 Å². The maximum atomic E-state index is 2.31. The fourth-order valence-corrected chi connectivity index (χ4v) is 1.84. The molecule has 0 saturated carbocycles. The number of nitrogens with zero attached hydrogens (tertiary/aromatic N) is 1. The van der Waals surface area contributed by atoms with Crippen molar-refractivity contribution >= 4 is 0 Å². The summed E-state index contributed by atoms with van der Waals surface area (Å²) in [5.74, 6) is 0. The van der Waals surface area contributed by atoms with Crippen LogP contribution in [0.1, 0.15) is 39.5 Å². The number of hydrogen-bond acceptors (Lipinski definition) is 0. The van der Waals surface area contributed by atoms with Gasteiger partial charge in [0.1, 0.15) is 12.4 Å². The van der Waals surface area contributed by atoms with E-state index in [4.69, 9.17) is 0 Å². The summed E-state index contributed by atoms with van der Waals surface area (Å²) in [6.45, 7) is 7.00. The first-order valence-electron chi connectivity index (χ1n) is 5.56. The quantitative estimate of drug-likeness (QED) is 0.434. The average Bonchev–Trinajstić information content (AvgIpc) is 2.62. The lowest BCUT2D eigenvalue weighted by Crippen LogP contribution is -2.36. The van der Waals surface area contributed by atoms with Crippen molar-refractivity contribution in [3.05, 3.63) is 24.6 Å². The number of hydrogen-bond donors (Lipinski definition) is 0. The van der Waals surface area contributed by atoms with Crippen LogP contribution in [-0.2, 0) is 0 Å². The molecule has 0 unspecified atom stereocenters. The van der Waals surface area contributed by atoms with Crippen molar-refractivity contribution in [2.45, 2.75) is 39.5 Å². The molecule has 0 atom stereocenters. The highest BCUT2D eigenvalue weighted by Crippen LogP contribution is 2.17. The molecule has 74 valence electrons. The molecule has 0 aromatic rings. The normalized spacial score (nSPS) is 18.3. The maximum absolute atomic E-state index is 2.31. The third kappa shape index (κ3) is 3.00. The van der Waals surface area contributed by atoms with Gasteiger partial charge in [-0.05, 0) is 31.9 Å². The Morgan fingerprint density at radius 2 is 1.62 bits per heavy atom. The second-order valence-electron chi connectivity index (χ2n) is 3.89. The Labute approximate surface area is 82.3 Å². The Hall–Kier alpha value is -0.560. The van der Waals surface area contributed by atoms with Crippen LogP contribution in [0.3, 0.4) is 0 Å². The summed E-state index contributed by atoms with van der Waals surface area (Å²) in [6.07, 6.45) is 14.4. The zero-order valence-corrected chi connectivity index (χ0v) is 9.00. The van der Waals surface area contributed by atoms with E-state index < -0.39 is 0 Å². The highest BCUT2D eigenvalue weighted by molar-refractivity contribution is 5.03. The van der Waals surface area contributed by atoms with Gasteiger partial charge in [0.25, 0.3) is 0 Å². The number of rotatable bonds is 6. The fourth-order valence-electron chi connectivity index (χ4n) is 1.84. The van der Waals surface area contributed by atoms with Crippen LogP contribution >= 0.6 is 0 Å². The van der Waals surface area contributed by atoms with E-state index in [2.05, 4.69) is 38.4 Å². The minimum Gasteiger partial charge on any atom is -0.271 e.